The van der Waals surface area contributed by atoms with E-state index in [9.17, 15) is 4.79 Å². The number of nitrogens with one attached hydrogen (secondary N) is 2. The summed E-state index contributed by atoms with van der Waals surface area (Å²) in [5.41, 5.74) is 1.44. The van der Waals surface area contributed by atoms with Gasteiger partial charge in [-0.1, -0.05) is 0 Å². The molecule has 0 bridgehead atoms. The smallest absolute Gasteiger partial charge is 0.254 e. The number of carbonyl (C=O) groups excluding carboxylic acids is 1. The fourth-order valence-corrected chi connectivity index (χ4v) is 2.18. The summed E-state index contributed by atoms with van der Waals surface area (Å²) in [6.07, 6.45) is 1.76. The summed E-state index contributed by atoms with van der Waals surface area (Å²) in [7, 11) is 1.82. The van der Waals surface area contributed by atoms with Crippen molar-refractivity contribution >= 4 is 5.91 Å². The number of aromatic nitrogens is 2. The highest BCUT2D eigenvalue weighted by atomic mass is 16.1. The SMILES string of the molecule is Cc1nn(C)cc1C(=O)NCCN1CCNCC1. The van der Waals surface area contributed by atoms with E-state index in [1.165, 1.54) is 0 Å². The number of aryl methyl sites for hydroxylation is 2. The minimum atomic E-state index is -0.0317. The van der Waals surface area contributed by atoms with Gasteiger partial charge in [0.25, 0.3) is 5.91 Å². The van der Waals surface area contributed by atoms with E-state index in [1.807, 2.05) is 14.0 Å². The number of hydrogen-bond acceptors (Lipinski definition) is 4. The first kappa shape index (κ1) is 13.0. The topological polar surface area (TPSA) is 62.2 Å². The van der Waals surface area contributed by atoms with E-state index in [2.05, 4.69) is 20.6 Å². The third-order valence-electron chi connectivity index (χ3n) is 3.18. The lowest BCUT2D eigenvalue weighted by Crippen LogP contribution is -2.46. The molecule has 1 aliphatic rings. The number of rotatable bonds is 4. The molecule has 1 aromatic rings. The Bertz CT molecular complexity index is 409. The van der Waals surface area contributed by atoms with Crippen LogP contribution in [0.4, 0.5) is 0 Å². The van der Waals surface area contributed by atoms with Gasteiger partial charge in [-0.05, 0) is 6.92 Å². The second-order valence-corrected chi connectivity index (χ2v) is 4.65. The van der Waals surface area contributed by atoms with Crippen molar-refractivity contribution in [3.63, 3.8) is 0 Å². The molecule has 0 aliphatic carbocycles. The first-order chi connectivity index (χ1) is 8.66. The van der Waals surface area contributed by atoms with Crippen LogP contribution in [0.5, 0.6) is 0 Å². The van der Waals surface area contributed by atoms with Crippen molar-refractivity contribution in [2.75, 3.05) is 39.3 Å². The van der Waals surface area contributed by atoms with Crippen LogP contribution in [0.15, 0.2) is 6.20 Å². The Kier molecular flexibility index (Phi) is 4.33. The molecule has 1 aromatic heterocycles. The number of carbonyl (C=O) groups is 1. The van der Waals surface area contributed by atoms with Gasteiger partial charge in [0.1, 0.15) is 0 Å². The summed E-state index contributed by atoms with van der Waals surface area (Å²) in [5, 5.41) is 10.4. The minimum Gasteiger partial charge on any atom is -0.351 e. The number of amides is 1. The standard InChI is InChI=1S/C12H21N5O/c1-10-11(9-16(2)15-10)12(18)14-5-8-17-6-3-13-4-7-17/h9,13H,3-8H2,1-2H3,(H,14,18). The highest BCUT2D eigenvalue weighted by molar-refractivity contribution is 5.94. The lowest BCUT2D eigenvalue weighted by atomic mass is 10.2. The molecule has 1 fully saturated rings. The zero-order valence-corrected chi connectivity index (χ0v) is 11.1. The van der Waals surface area contributed by atoms with E-state index in [0.29, 0.717) is 12.1 Å². The molecule has 0 saturated carbocycles. The van der Waals surface area contributed by atoms with E-state index in [-0.39, 0.29) is 5.91 Å². The first-order valence-electron chi connectivity index (χ1n) is 6.38. The third kappa shape index (κ3) is 3.30. The molecule has 0 atom stereocenters. The van der Waals surface area contributed by atoms with Crippen LogP contribution in [0, 0.1) is 6.92 Å². The van der Waals surface area contributed by atoms with Gasteiger partial charge in [-0.3, -0.25) is 14.4 Å². The van der Waals surface area contributed by atoms with Gasteiger partial charge in [-0.25, -0.2) is 0 Å². The van der Waals surface area contributed by atoms with Crippen LogP contribution in [0.2, 0.25) is 0 Å². The summed E-state index contributed by atoms with van der Waals surface area (Å²) in [4.78, 5) is 14.3. The molecule has 0 spiro atoms. The van der Waals surface area contributed by atoms with E-state index in [0.717, 1.165) is 38.4 Å². The van der Waals surface area contributed by atoms with E-state index < -0.39 is 0 Å². The van der Waals surface area contributed by atoms with Gasteiger partial charge in [0.2, 0.25) is 0 Å². The van der Waals surface area contributed by atoms with Crippen LogP contribution in [0.25, 0.3) is 0 Å². The first-order valence-corrected chi connectivity index (χ1v) is 6.38. The molecule has 2 rings (SSSR count). The van der Waals surface area contributed by atoms with Crippen molar-refractivity contribution in [2.45, 2.75) is 6.92 Å². The maximum Gasteiger partial charge on any atom is 0.254 e. The molecule has 6 nitrogen and oxygen atoms in total. The van der Waals surface area contributed by atoms with Gasteiger partial charge in [-0.2, -0.15) is 5.10 Å². The second kappa shape index (κ2) is 5.97. The third-order valence-corrected chi connectivity index (χ3v) is 3.18. The van der Waals surface area contributed by atoms with Crippen LogP contribution >= 0.6 is 0 Å². The van der Waals surface area contributed by atoms with Crippen LogP contribution < -0.4 is 10.6 Å². The van der Waals surface area contributed by atoms with Gasteiger partial charge >= 0.3 is 0 Å². The number of nitrogens with zero attached hydrogens (tertiary/aromatic N) is 3. The van der Waals surface area contributed by atoms with Crippen molar-refractivity contribution in [1.29, 1.82) is 0 Å². The van der Waals surface area contributed by atoms with Crippen LogP contribution in [0.3, 0.4) is 0 Å². The summed E-state index contributed by atoms with van der Waals surface area (Å²) < 4.78 is 1.67. The van der Waals surface area contributed by atoms with Crippen molar-refractivity contribution in [1.82, 2.24) is 25.3 Å². The maximum absolute atomic E-state index is 11.9. The fraction of sp³-hybridized carbons (Fsp3) is 0.667. The Balaban J connectivity index is 1.76. The fourth-order valence-electron chi connectivity index (χ4n) is 2.18. The van der Waals surface area contributed by atoms with Crippen LogP contribution in [-0.2, 0) is 7.05 Å². The molecule has 100 valence electrons. The molecule has 0 radical (unpaired) electrons. The summed E-state index contributed by atoms with van der Waals surface area (Å²) in [6.45, 7) is 7.64. The Labute approximate surface area is 107 Å². The summed E-state index contributed by atoms with van der Waals surface area (Å²) in [5.74, 6) is -0.0317. The van der Waals surface area contributed by atoms with Crippen LogP contribution in [0.1, 0.15) is 16.1 Å². The van der Waals surface area contributed by atoms with E-state index >= 15 is 0 Å². The Morgan fingerprint density at radius 3 is 2.83 bits per heavy atom. The quantitative estimate of drug-likeness (QED) is 0.747. The molecule has 2 N–H and O–H groups in total. The monoisotopic (exact) mass is 251 g/mol. The zero-order valence-electron chi connectivity index (χ0n) is 11.1. The highest BCUT2D eigenvalue weighted by Gasteiger charge is 2.13. The average Bonchev–Trinajstić information content (AvgIpc) is 2.70. The number of hydrogen-bond donors (Lipinski definition) is 2. The van der Waals surface area contributed by atoms with Gasteiger partial charge in [0, 0.05) is 52.5 Å². The van der Waals surface area contributed by atoms with Gasteiger partial charge < -0.3 is 10.6 Å². The molecular formula is C12H21N5O. The van der Waals surface area contributed by atoms with Crippen molar-refractivity contribution in [3.05, 3.63) is 17.5 Å². The van der Waals surface area contributed by atoms with Crippen molar-refractivity contribution < 1.29 is 4.79 Å². The predicted octanol–water partition coefficient (Wildman–Crippen LogP) is -0.636. The molecule has 1 amide bonds. The zero-order chi connectivity index (χ0) is 13.0. The molecule has 0 unspecified atom stereocenters. The van der Waals surface area contributed by atoms with Crippen LogP contribution in [-0.4, -0.2) is 59.9 Å². The molecule has 18 heavy (non-hydrogen) atoms. The summed E-state index contributed by atoms with van der Waals surface area (Å²) >= 11 is 0. The van der Waals surface area contributed by atoms with Gasteiger partial charge in [0.05, 0.1) is 11.3 Å². The van der Waals surface area contributed by atoms with E-state index in [1.54, 1.807) is 10.9 Å². The lowest BCUT2D eigenvalue weighted by molar-refractivity contribution is 0.0946. The minimum absolute atomic E-state index is 0.0317. The van der Waals surface area contributed by atoms with E-state index in [4.69, 9.17) is 0 Å². The Morgan fingerprint density at radius 1 is 1.50 bits per heavy atom. The molecule has 1 aliphatic heterocycles. The van der Waals surface area contributed by atoms with Gasteiger partial charge in [0.15, 0.2) is 0 Å². The van der Waals surface area contributed by atoms with Gasteiger partial charge in [-0.15, -0.1) is 0 Å². The average molecular weight is 251 g/mol. The Hall–Kier alpha value is -1.40. The summed E-state index contributed by atoms with van der Waals surface area (Å²) in [6, 6.07) is 0. The maximum atomic E-state index is 11.9. The largest absolute Gasteiger partial charge is 0.351 e. The normalized spacial score (nSPS) is 16.8. The second-order valence-electron chi connectivity index (χ2n) is 4.65. The molecule has 2 heterocycles. The molecule has 1 saturated heterocycles. The lowest BCUT2D eigenvalue weighted by Gasteiger charge is -2.27. The molecule has 6 heteroatoms. The molecular weight excluding hydrogens is 230 g/mol. The Morgan fingerprint density at radius 2 is 2.22 bits per heavy atom. The molecule has 0 aromatic carbocycles. The number of piperazine rings is 1. The van der Waals surface area contributed by atoms with Crippen molar-refractivity contribution in [3.8, 4) is 0 Å². The van der Waals surface area contributed by atoms with Crippen molar-refractivity contribution in [2.24, 2.45) is 7.05 Å². The highest BCUT2D eigenvalue weighted by Crippen LogP contribution is 2.03. The predicted molar refractivity (Wildman–Crippen MR) is 69.6 cm³/mol.